The predicted octanol–water partition coefficient (Wildman–Crippen LogP) is 6.30. The monoisotopic (exact) mass is 594 g/mol. The van der Waals surface area contributed by atoms with Crippen molar-refractivity contribution >= 4 is 11.0 Å². The number of hydrogen-bond donors (Lipinski definition) is 2. The van der Waals surface area contributed by atoms with Crippen LogP contribution < -0.4 is 29.8 Å². The molecule has 0 fully saturated rings. The molecule has 0 spiro atoms. The highest BCUT2D eigenvalue weighted by Crippen LogP contribution is 2.47. The highest BCUT2D eigenvalue weighted by Gasteiger charge is 2.25. The molecule has 0 amide bonds. The number of phenols is 1. The molecule has 10 heteroatoms. The summed E-state index contributed by atoms with van der Waals surface area (Å²) in [6.45, 7) is 0. The van der Waals surface area contributed by atoms with Crippen LogP contribution in [-0.2, 0) is 0 Å². The molecule has 2 heterocycles. The van der Waals surface area contributed by atoms with Gasteiger partial charge in [0, 0.05) is 47.0 Å². The van der Waals surface area contributed by atoms with Crippen LogP contribution in [0.5, 0.6) is 34.5 Å². The fourth-order valence-electron chi connectivity index (χ4n) is 5.17. The number of phenolic OH excluding ortho intramolecular Hbond substituents is 1. The zero-order valence-corrected chi connectivity index (χ0v) is 24.1. The molecule has 0 atom stereocenters. The van der Waals surface area contributed by atoms with Crippen LogP contribution in [0.25, 0.3) is 56.1 Å². The SMILES string of the molecule is COc1ccc(-c2cc(=O)c3c(O)cc(OC)c(-c4cc(-c5cc(O)c6c(=O)cc(OC)cc-6o5)ccc4OC)c3o2)cc1. The van der Waals surface area contributed by atoms with Gasteiger partial charge in [-0.2, -0.15) is 0 Å². The fraction of sp³-hybridized carbons (Fsp3) is 0.118. The molecule has 222 valence electrons. The van der Waals surface area contributed by atoms with Crippen molar-refractivity contribution in [2.24, 2.45) is 0 Å². The summed E-state index contributed by atoms with van der Waals surface area (Å²) in [5.41, 5.74) is 1.03. The molecule has 0 unspecified atom stereocenters. The fourth-order valence-corrected chi connectivity index (χ4v) is 5.17. The highest BCUT2D eigenvalue weighted by atomic mass is 16.5. The Morgan fingerprint density at radius 1 is 0.545 bits per heavy atom. The second kappa shape index (κ2) is 11.1. The van der Waals surface area contributed by atoms with Crippen LogP contribution in [0, 0.1) is 0 Å². The summed E-state index contributed by atoms with van der Waals surface area (Å²) < 4.78 is 34.2. The summed E-state index contributed by atoms with van der Waals surface area (Å²) in [4.78, 5) is 26.0. The maximum absolute atomic E-state index is 13.4. The van der Waals surface area contributed by atoms with Gasteiger partial charge in [0.25, 0.3) is 0 Å². The molecule has 1 aromatic heterocycles. The third-order valence-electron chi connectivity index (χ3n) is 7.31. The first-order valence-corrected chi connectivity index (χ1v) is 13.3. The zero-order chi connectivity index (χ0) is 31.1. The lowest BCUT2D eigenvalue weighted by atomic mass is 9.96. The van der Waals surface area contributed by atoms with E-state index in [0.717, 1.165) is 0 Å². The van der Waals surface area contributed by atoms with Gasteiger partial charge in [-0.25, -0.2) is 0 Å². The van der Waals surface area contributed by atoms with Gasteiger partial charge in [0.05, 0.1) is 34.0 Å². The van der Waals surface area contributed by atoms with E-state index in [0.29, 0.717) is 33.8 Å². The van der Waals surface area contributed by atoms with Crippen LogP contribution in [0.3, 0.4) is 0 Å². The van der Waals surface area contributed by atoms with Gasteiger partial charge in [0.15, 0.2) is 16.4 Å². The number of benzene rings is 4. The summed E-state index contributed by atoms with van der Waals surface area (Å²) in [7, 11) is 5.89. The normalized spacial score (nSPS) is 11.1. The number of fused-ring (bicyclic) bond motifs is 2. The van der Waals surface area contributed by atoms with E-state index < -0.39 is 10.9 Å². The molecular formula is C34H26O10. The molecule has 2 aliphatic rings. The van der Waals surface area contributed by atoms with Crippen molar-refractivity contribution in [2.45, 2.75) is 0 Å². The summed E-state index contributed by atoms with van der Waals surface area (Å²) in [5, 5.41) is 21.6. The van der Waals surface area contributed by atoms with Crippen LogP contribution in [0.4, 0.5) is 0 Å². The number of aromatic hydroxyl groups is 2. The van der Waals surface area contributed by atoms with Gasteiger partial charge >= 0.3 is 0 Å². The van der Waals surface area contributed by atoms with E-state index in [2.05, 4.69) is 0 Å². The average Bonchev–Trinajstić information content (AvgIpc) is 3.03. The van der Waals surface area contributed by atoms with Gasteiger partial charge in [-0.3, -0.25) is 9.59 Å². The smallest absolute Gasteiger partial charge is 0.197 e. The first-order chi connectivity index (χ1) is 21.3. The lowest BCUT2D eigenvalue weighted by Crippen LogP contribution is -2.06. The summed E-state index contributed by atoms with van der Waals surface area (Å²) in [5.74, 6) is 1.54. The van der Waals surface area contributed by atoms with Crippen LogP contribution >= 0.6 is 0 Å². The van der Waals surface area contributed by atoms with Crippen LogP contribution in [0.15, 0.2) is 91.2 Å². The highest BCUT2D eigenvalue weighted by molar-refractivity contribution is 6.01. The van der Waals surface area contributed by atoms with Crippen molar-refractivity contribution in [3.8, 4) is 79.6 Å². The molecule has 0 bridgehead atoms. The molecule has 44 heavy (non-hydrogen) atoms. The van der Waals surface area contributed by atoms with E-state index in [1.165, 1.54) is 51.7 Å². The first kappa shape index (κ1) is 28.2. The van der Waals surface area contributed by atoms with Crippen molar-refractivity contribution in [3.63, 3.8) is 0 Å². The van der Waals surface area contributed by atoms with Gasteiger partial charge in [-0.1, -0.05) is 0 Å². The Bertz CT molecular complexity index is 2120. The minimum atomic E-state index is -0.467. The maximum atomic E-state index is 13.4. The number of rotatable bonds is 7. The van der Waals surface area contributed by atoms with Crippen LogP contribution in [0.1, 0.15) is 0 Å². The van der Waals surface area contributed by atoms with Crippen molar-refractivity contribution in [1.82, 2.24) is 0 Å². The lowest BCUT2D eigenvalue weighted by Gasteiger charge is -2.17. The molecule has 2 N–H and O–H groups in total. The van der Waals surface area contributed by atoms with Crippen molar-refractivity contribution in [3.05, 3.63) is 93.2 Å². The van der Waals surface area contributed by atoms with Gasteiger partial charge in [-0.05, 0) is 42.5 Å². The minimum absolute atomic E-state index is 0.0160. The number of methoxy groups -OCH3 is 4. The Labute approximate surface area is 250 Å². The van der Waals surface area contributed by atoms with Gasteiger partial charge in [0.1, 0.15) is 62.7 Å². The Hall–Kier alpha value is -5.90. The maximum Gasteiger partial charge on any atom is 0.197 e. The molecule has 0 saturated carbocycles. The first-order valence-electron chi connectivity index (χ1n) is 13.3. The topological polar surface area (TPSA) is 138 Å². The third kappa shape index (κ3) is 4.72. The molecule has 10 nitrogen and oxygen atoms in total. The Balaban J connectivity index is 1.63. The van der Waals surface area contributed by atoms with E-state index in [-0.39, 0.29) is 56.8 Å². The largest absolute Gasteiger partial charge is 0.507 e. The van der Waals surface area contributed by atoms with Crippen LogP contribution in [-0.4, -0.2) is 38.7 Å². The molecule has 3 aromatic carbocycles. The van der Waals surface area contributed by atoms with Crippen molar-refractivity contribution < 1.29 is 38.0 Å². The Morgan fingerprint density at radius 3 is 1.91 bits per heavy atom. The summed E-state index contributed by atoms with van der Waals surface area (Å²) >= 11 is 0. The Morgan fingerprint density at radius 2 is 1.23 bits per heavy atom. The molecular weight excluding hydrogens is 568 g/mol. The number of ether oxygens (including phenoxy) is 4. The molecule has 1 aliphatic heterocycles. The number of hydrogen-bond acceptors (Lipinski definition) is 10. The molecule has 6 rings (SSSR count). The quantitative estimate of drug-likeness (QED) is 0.217. The standard InChI is InChI=1S/C34H26O10/c1-39-19-8-5-17(6-9-19)27-15-24(37)33-25(38)16-29(42-4)31(34(33)44-27)21-11-18(7-10-26(21)41-3)28-14-23(36)32-22(35)12-20(40-2)13-30(32)43-28/h5-16,36,38H,1-4H3. The Kier molecular flexibility index (Phi) is 7.10. The lowest BCUT2D eigenvalue weighted by molar-refractivity contribution is 0.406. The van der Waals surface area contributed by atoms with E-state index in [1.807, 2.05) is 0 Å². The second-order valence-corrected chi connectivity index (χ2v) is 9.79. The summed E-state index contributed by atoms with van der Waals surface area (Å²) in [6.07, 6.45) is 0. The average molecular weight is 595 g/mol. The molecule has 0 radical (unpaired) electrons. The van der Waals surface area contributed by atoms with Gasteiger partial charge < -0.3 is 38.0 Å². The predicted molar refractivity (Wildman–Crippen MR) is 163 cm³/mol. The van der Waals surface area contributed by atoms with Crippen LogP contribution in [0.2, 0.25) is 0 Å². The minimum Gasteiger partial charge on any atom is -0.507 e. The van der Waals surface area contributed by atoms with Crippen molar-refractivity contribution in [1.29, 1.82) is 0 Å². The third-order valence-corrected chi connectivity index (χ3v) is 7.31. The van der Waals surface area contributed by atoms with Gasteiger partial charge in [-0.15, -0.1) is 0 Å². The molecule has 1 aliphatic carbocycles. The second-order valence-electron chi connectivity index (χ2n) is 9.79. The van der Waals surface area contributed by atoms with E-state index in [1.54, 1.807) is 49.6 Å². The van der Waals surface area contributed by atoms with Gasteiger partial charge in [0.2, 0.25) is 0 Å². The van der Waals surface area contributed by atoms with Crippen molar-refractivity contribution in [2.75, 3.05) is 28.4 Å². The van der Waals surface area contributed by atoms with E-state index in [9.17, 15) is 19.8 Å². The zero-order valence-electron chi connectivity index (χ0n) is 24.1. The molecule has 4 aromatic rings. The van der Waals surface area contributed by atoms with E-state index in [4.69, 9.17) is 27.8 Å². The molecule has 0 saturated heterocycles. The van der Waals surface area contributed by atoms with E-state index >= 15 is 0 Å². The summed E-state index contributed by atoms with van der Waals surface area (Å²) in [6, 6.07) is 18.8.